The van der Waals surface area contributed by atoms with Crippen LogP contribution in [0.4, 0.5) is 0 Å². The lowest BCUT2D eigenvalue weighted by Gasteiger charge is -2.31. The average molecular weight is 331 g/mol. The highest BCUT2D eigenvalue weighted by Crippen LogP contribution is 2.43. The standard InChI is InChI=1S/C22H25N3/c23-13-17-12-21-22-19(10-11-24(21)14-17)18-8-4-5-9-20(18)25(22)15-16-6-2-1-3-7-16/h1-9,17,21H,10-15,23H2/t17-,21-/m1/s1. The number of hydrogen-bond donors (Lipinski definition) is 1. The summed E-state index contributed by atoms with van der Waals surface area (Å²) in [6, 6.07) is 20.3. The zero-order chi connectivity index (χ0) is 16.8. The van der Waals surface area contributed by atoms with E-state index < -0.39 is 0 Å². The highest BCUT2D eigenvalue weighted by Gasteiger charge is 2.39. The quantitative estimate of drug-likeness (QED) is 0.796. The molecule has 2 atom stereocenters. The minimum Gasteiger partial charge on any atom is -0.338 e. The molecule has 0 spiro atoms. The van der Waals surface area contributed by atoms with Gasteiger partial charge in [-0.25, -0.2) is 0 Å². The summed E-state index contributed by atoms with van der Waals surface area (Å²) in [5.74, 6) is 0.638. The van der Waals surface area contributed by atoms with Gasteiger partial charge in [0.1, 0.15) is 0 Å². The Bertz CT molecular complexity index is 896. The maximum absolute atomic E-state index is 6.01. The number of aromatic nitrogens is 1. The van der Waals surface area contributed by atoms with E-state index in [0.29, 0.717) is 12.0 Å². The smallest absolute Gasteiger partial charge is 0.0507 e. The highest BCUT2D eigenvalue weighted by molar-refractivity contribution is 5.86. The van der Waals surface area contributed by atoms with E-state index in [4.69, 9.17) is 5.73 Å². The van der Waals surface area contributed by atoms with E-state index in [1.54, 1.807) is 11.3 Å². The average Bonchev–Trinajstić information content (AvgIpc) is 3.22. The Morgan fingerprint density at radius 3 is 2.64 bits per heavy atom. The largest absolute Gasteiger partial charge is 0.338 e. The van der Waals surface area contributed by atoms with E-state index in [2.05, 4.69) is 64.1 Å². The third-order valence-corrected chi connectivity index (χ3v) is 6.09. The molecule has 0 unspecified atom stereocenters. The lowest BCUT2D eigenvalue weighted by atomic mass is 9.96. The van der Waals surface area contributed by atoms with Crippen LogP contribution in [0.25, 0.3) is 10.9 Å². The molecule has 2 aliphatic heterocycles. The summed E-state index contributed by atoms with van der Waals surface area (Å²) in [4.78, 5) is 2.67. The highest BCUT2D eigenvalue weighted by atomic mass is 15.2. The summed E-state index contributed by atoms with van der Waals surface area (Å²) >= 11 is 0. The Labute approximate surface area is 149 Å². The van der Waals surface area contributed by atoms with Crippen molar-refractivity contribution >= 4 is 10.9 Å². The SMILES string of the molecule is NC[C@H]1C[C@@H]2c3c(c4ccccc4n3Cc3ccccc3)CCN2C1. The summed E-state index contributed by atoms with van der Waals surface area (Å²) in [6.45, 7) is 4.09. The molecule has 25 heavy (non-hydrogen) atoms. The van der Waals surface area contributed by atoms with Gasteiger partial charge in [0.15, 0.2) is 0 Å². The van der Waals surface area contributed by atoms with Crippen molar-refractivity contribution in [3.63, 3.8) is 0 Å². The fourth-order valence-corrected chi connectivity index (χ4v) is 4.93. The van der Waals surface area contributed by atoms with E-state index >= 15 is 0 Å². The molecule has 1 fully saturated rings. The molecular weight excluding hydrogens is 306 g/mol. The number of fused-ring (bicyclic) bond motifs is 5. The molecule has 3 nitrogen and oxygen atoms in total. The molecule has 3 heterocycles. The molecule has 1 aromatic heterocycles. The molecule has 5 rings (SSSR count). The Hall–Kier alpha value is -2.10. The summed E-state index contributed by atoms with van der Waals surface area (Å²) in [5, 5.41) is 1.45. The zero-order valence-electron chi connectivity index (χ0n) is 14.6. The molecule has 2 aromatic carbocycles. The van der Waals surface area contributed by atoms with Crippen molar-refractivity contribution in [3.05, 3.63) is 71.4 Å². The Balaban J connectivity index is 1.67. The molecule has 2 aliphatic rings. The second-order valence-corrected chi connectivity index (χ2v) is 7.55. The van der Waals surface area contributed by atoms with Crippen molar-refractivity contribution in [1.82, 2.24) is 9.47 Å². The first kappa shape index (κ1) is 15.2. The number of nitrogens with zero attached hydrogens (tertiary/aromatic N) is 2. The molecule has 0 aliphatic carbocycles. The Morgan fingerprint density at radius 2 is 1.80 bits per heavy atom. The second kappa shape index (κ2) is 6.01. The number of rotatable bonds is 3. The second-order valence-electron chi connectivity index (χ2n) is 7.55. The van der Waals surface area contributed by atoms with Crippen molar-refractivity contribution in [1.29, 1.82) is 0 Å². The predicted molar refractivity (Wildman–Crippen MR) is 103 cm³/mol. The summed E-state index contributed by atoms with van der Waals surface area (Å²) < 4.78 is 2.58. The first-order valence-electron chi connectivity index (χ1n) is 9.43. The van der Waals surface area contributed by atoms with E-state index in [1.165, 1.54) is 29.4 Å². The molecule has 1 saturated heterocycles. The van der Waals surface area contributed by atoms with Crippen LogP contribution in [0.2, 0.25) is 0 Å². The monoisotopic (exact) mass is 331 g/mol. The van der Waals surface area contributed by atoms with Gasteiger partial charge in [0, 0.05) is 36.2 Å². The van der Waals surface area contributed by atoms with Gasteiger partial charge < -0.3 is 10.3 Å². The van der Waals surface area contributed by atoms with Crippen molar-refractivity contribution in [2.45, 2.75) is 25.4 Å². The van der Waals surface area contributed by atoms with Gasteiger partial charge in [-0.3, -0.25) is 4.90 Å². The fraction of sp³-hybridized carbons (Fsp3) is 0.364. The van der Waals surface area contributed by atoms with Crippen molar-refractivity contribution in [3.8, 4) is 0 Å². The summed E-state index contributed by atoms with van der Waals surface area (Å²) in [5.41, 5.74) is 11.9. The lowest BCUT2D eigenvalue weighted by Crippen LogP contribution is -2.32. The van der Waals surface area contributed by atoms with Gasteiger partial charge in [-0.1, -0.05) is 48.5 Å². The van der Waals surface area contributed by atoms with Crippen molar-refractivity contribution < 1.29 is 0 Å². The topological polar surface area (TPSA) is 34.2 Å². The third-order valence-electron chi connectivity index (χ3n) is 6.09. The van der Waals surface area contributed by atoms with Crippen LogP contribution in [0, 0.1) is 5.92 Å². The Kier molecular flexibility index (Phi) is 3.65. The normalized spacial score (nSPS) is 22.9. The molecule has 0 radical (unpaired) electrons. The van der Waals surface area contributed by atoms with E-state index in [-0.39, 0.29) is 0 Å². The van der Waals surface area contributed by atoms with Crippen LogP contribution in [0.5, 0.6) is 0 Å². The van der Waals surface area contributed by atoms with Gasteiger partial charge in [0.05, 0.1) is 6.04 Å². The van der Waals surface area contributed by atoms with Crippen LogP contribution in [0.15, 0.2) is 54.6 Å². The molecule has 2 N–H and O–H groups in total. The number of hydrogen-bond acceptors (Lipinski definition) is 2. The maximum Gasteiger partial charge on any atom is 0.0507 e. The summed E-state index contributed by atoms with van der Waals surface area (Å²) in [6.07, 6.45) is 2.36. The minimum atomic E-state index is 0.536. The number of nitrogens with two attached hydrogens (primary N) is 1. The van der Waals surface area contributed by atoms with Gasteiger partial charge in [0.2, 0.25) is 0 Å². The zero-order valence-corrected chi connectivity index (χ0v) is 14.6. The van der Waals surface area contributed by atoms with Gasteiger partial charge in [-0.2, -0.15) is 0 Å². The third kappa shape index (κ3) is 2.42. The van der Waals surface area contributed by atoms with Crippen LogP contribution < -0.4 is 5.73 Å². The van der Waals surface area contributed by atoms with E-state index in [0.717, 1.165) is 26.1 Å². The van der Waals surface area contributed by atoms with Crippen molar-refractivity contribution in [2.75, 3.05) is 19.6 Å². The minimum absolute atomic E-state index is 0.536. The van der Waals surface area contributed by atoms with E-state index in [9.17, 15) is 0 Å². The first-order valence-corrected chi connectivity index (χ1v) is 9.43. The van der Waals surface area contributed by atoms with Crippen LogP contribution >= 0.6 is 0 Å². The molecule has 128 valence electrons. The van der Waals surface area contributed by atoms with Gasteiger partial charge in [0.25, 0.3) is 0 Å². The molecule has 0 amide bonds. The first-order chi connectivity index (χ1) is 12.3. The summed E-state index contributed by atoms with van der Waals surface area (Å²) in [7, 11) is 0. The van der Waals surface area contributed by atoms with Crippen LogP contribution in [0.3, 0.4) is 0 Å². The van der Waals surface area contributed by atoms with Crippen LogP contribution in [-0.2, 0) is 13.0 Å². The van der Waals surface area contributed by atoms with Crippen LogP contribution in [0.1, 0.15) is 29.3 Å². The lowest BCUT2D eigenvalue weighted by molar-refractivity contribution is 0.233. The van der Waals surface area contributed by atoms with Gasteiger partial charge in [-0.15, -0.1) is 0 Å². The predicted octanol–water partition coefficient (Wildman–Crippen LogP) is 3.57. The fourth-order valence-electron chi connectivity index (χ4n) is 4.93. The maximum atomic E-state index is 6.01. The molecule has 3 aromatic rings. The Morgan fingerprint density at radius 1 is 1.00 bits per heavy atom. The number of benzene rings is 2. The molecule has 3 heteroatoms. The van der Waals surface area contributed by atoms with Crippen LogP contribution in [-0.4, -0.2) is 29.1 Å². The van der Waals surface area contributed by atoms with Crippen molar-refractivity contribution in [2.24, 2.45) is 11.7 Å². The molecule has 0 saturated carbocycles. The number of para-hydroxylation sites is 1. The van der Waals surface area contributed by atoms with Gasteiger partial charge in [-0.05, 0) is 42.5 Å². The molecular formula is C22H25N3. The van der Waals surface area contributed by atoms with Gasteiger partial charge >= 0.3 is 0 Å². The van der Waals surface area contributed by atoms with E-state index in [1.807, 2.05) is 0 Å². The molecule has 0 bridgehead atoms.